The van der Waals surface area contributed by atoms with Crippen LogP contribution < -0.4 is 20.9 Å². The third-order valence-corrected chi connectivity index (χ3v) is 20.4. The molecule has 1 fully saturated rings. The van der Waals surface area contributed by atoms with Crippen LogP contribution in [0.15, 0.2) is 104 Å². The summed E-state index contributed by atoms with van der Waals surface area (Å²) in [7, 11) is 0. The first-order valence-corrected chi connectivity index (χ1v) is 27.4. The number of benzene rings is 2. The van der Waals surface area contributed by atoms with Gasteiger partial charge in [0.1, 0.15) is 5.58 Å². The van der Waals surface area contributed by atoms with Gasteiger partial charge in [0.2, 0.25) is 0 Å². The molecule has 69 heavy (non-hydrogen) atoms. The Hall–Kier alpha value is -3.92. The zero-order valence-corrected chi connectivity index (χ0v) is 46.6. The Kier molecular flexibility index (Phi) is 10.0. The molecule has 6 aliphatic carbocycles. The second-order valence-corrected chi connectivity index (χ2v) is 29.9. The molecule has 0 amide bonds. The molecule has 1 aromatic heterocycles. The molecule has 2 aliphatic heterocycles. The second-order valence-electron chi connectivity index (χ2n) is 29.9. The Bertz CT molecular complexity index is 2910. The highest BCUT2D eigenvalue weighted by atomic mass is 16.3. The van der Waals surface area contributed by atoms with E-state index in [2.05, 4.69) is 202 Å². The van der Waals surface area contributed by atoms with E-state index in [1.807, 2.05) is 0 Å². The van der Waals surface area contributed by atoms with Gasteiger partial charge in [-0.15, -0.1) is 0 Å². The Labute approximate surface area is 419 Å². The van der Waals surface area contributed by atoms with Crippen molar-refractivity contribution in [2.45, 2.75) is 211 Å². The fourth-order valence-corrected chi connectivity index (χ4v) is 15.2. The fourth-order valence-electron chi connectivity index (χ4n) is 15.2. The predicted octanol–water partition coefficient (Wildman–Crippen LogP) is 16.3. The SMILES string of the molecule is CC1=CC2C(C=C1N1C3=C4B(c5cc6c(cc51)C(C)(C)CCC6(C)C)c1oc5ccc(C(C)(C)C)cc5c1N(C1C=CC5=C(C1)C(C)(C)CCC5(C)C)C4CC(C(C)(C)C)=C3)C(C)(C)CCC2(C)C. The molecular formula is C65H87BN2O. The molecule has 2 aromatic carbocycles. The predicted molar refractivity (Wildman–Crippen MR) is 297 cm³/mol. The molecule has 0 spiro atoms. The van der Waals surface area contributed by atoms with E-state index in [-0.39, 0.29) is 62.1 Å². The summed E-state index contributed by atoms with van der Waals surface area (Å²) >= 11 is 0. The summed E-state index contributed by atoms with van der Waals surface area (Å²) in [5, 5.41) is 1.28. The molecule has 366 valence electrons. The minimum atomic E-state index is -0.0224. The summed E-state index contributed by atoms with van der Waals surface area (Å²) in [4.78, 5) is 5.79. The number of hydrogen-bond acceptors (Lipinski definition) is 3. The minimum absolute atomic E-state index is 0.000812. The number of furan rings is 1. The Morgan fingerprint density at radius 1 is 0.667 bits per heavy atom. The van der Waals surface area contributed by atoms with Gasteiger partial charge >= 0.3 is 0 Å². The number of rotatable bonds is 2. The lowest BCUT2D eigenvalue weighted by atomic mass is 9.32. The first-order valence-electron chi connectivity index (χ1n) is 27.4. The van der Waals surface area contributed by atoms with Gasteiger partial charge in [-0.3, -0.25) is 0 Å². The smallest absolute Gasteiger partial charge is 0.292 e. The van der Waals surface area contributed by atoms with E-state index in [1.165, 1.54) is 94.4 Å². The topological polar surface area (TPSA) is 19.6 Å². The van der Waals surface area contributed by atoms with Gasteiger partial charge in [-0.25, -0.2) is 0 Å². The molecule has 8 aliphatic rings. The van der Waals surface area contributed by atoms with Crippen molar-refractivity contribution in [3.05, 3.63) is 117 Å². The maximum atomic E-state index is 7.63. The maximum absolute atomic E-state index is 7.63. The molecule has 3 nitrogen and oxygen atoms in total. The molecule has 0 radical (unpaired) electrons. The fraction of sp³-hybridized carbons (Fsp3) is 0.600. The third kappa shape index (κ3) is 7.06. The van der Waals surface area contributed by atoms with Crippen molar-refractivity contribution >= 4 is 40.2 Å². The first kappa shape index (κ1) is 47.4. The van der Waals surface area contributed by atoms with Crippen molar-refractivity contribution in [2.24, 2.45) is 38.9 Å². The highest BCUT2D eigenvalue weighted by Gasteiger charge is 2.56. The van der Waals surface area contributed by atoms with Crippen molar-refractivity contribution in [2.75, 3.05) is 9.80 Å². The Morgan fingerprint density at radius 3 is 1.91 bits per heavy atom. The van der Waals surface area contributed by atoms with Crippen LogP contribution in [0, 0.1) is 38.9 Å². The van der Waals surface area contributed by atoms with Crippen molar-refractivity contribution in [3.8, 4) is 0 Å². The quantitative estimate of drug-likeness (QED) is 0.239. The lowest BCUT2D eigenvalue weighted by Gasteiger charge is -2.55. The molecule has 11 rings (SSSR count). The van der Waals surface area contributed by atoms with E-state index < -0.39 is 0 Å². The zero-order chi connectivity index (χ0) is 49.7. The van der Waals surface area contributed by atoms with E-state index in [4.69, 9.17) is 4.42 Å². The summed E-state index contributed by atoms with van der Waals surface area (Å²) in [5.74, 6) is 0.959. The first-order chi connectivity index (χ1) is 31.8. The molecular weight excluding hydrogens is 836 g/mol. The lowest BCUT2D eigenvalue weighted by Crippen LogP contribution is -2.64. The van der Waals surface area contributed by atoms with E-state index in [0.29, 0.717) is 11.8 Å². The highest BCUT2D eigenvalue weighted by Crippen LogP contribution is 2.59. The Morgan fingerprint density at radius 2 is 1.28 bits per heavy atom. The number of nitrogens with zero attached hydrogens (tertiary/aromatic N) is 2. The van der Waals surface area contributed by atoms with Crippen LogP contribution >= 0.6 is 0 Å². The summed E-state index contributed by atoms with van der Waals surface area (Å²) in [6, 6.07) is 12.9. The van der Waals surface area contributed by atoms with Gasteiger partial charge in [-0.05, 0) is 176 Å². The molecule has 1 saturated carbocycles. The van der Waals surface area contributed by atoms with Gasteiger partial charge in [0, 0.05) is 22.5 Å². The minimum Gasteiger partial charge on any atom is -0.468 e. The summed E-state index contributed by atoms with van der Waals surface area (Å²) in [5.41, 5.74) is 22.2. The number of allylic oxidation sites excluding steroid dienone is 6. The standard InChI is InChI=1S/C65H87BN2O/c1-38-30-44-47(64(16,17)28-26-61(44,10)11)36-50(38)68-51-37-48-46(63(14,15)27-29-65(48,18)19)35-49(51)66-55-52(32-40(33-53(55)68)59(5,6)7)67(41-21-22-43-45(34-41)62(12,13)25-24-60(43,8)9)56-42-31-39(58(2,3)4)20-23-54(42)69-57(56)66/h20-23,30-31,33,35-37,41,44,47,52H,24-29,32,34H2,1-19H3. The molecule has 0 bridgehead atoms. The van der Waals surface area contributed by atoms with Crippen LogP contribution in [0.4, 0.5) is 11.4 Å². The van der Waals surface area contributed by atoms with Crippen LogP contribution in [0.25, 0.3) is 11.0 Å². The lowest BCUT2D eigenvalue weighted by molar-refractivity contribution is 0.0320. The molecule has 3 aromatic rings. The van der Waals surface area contributed by atoms with Gasteiger partial charge in [-0.2, -0.15) is 0 Å². The van der Waals surface area contributed by atoms with Gasteiger partial charge in [0.25, 0.3) is 6.71 Å². The highest BCUT2D eigenvalue weighted by molar-refractivity contribution is 6.93. The largest absolute Gasteiger partial charge is 0.468 e. The van der Waals surface area contributed by atoms with E-state index >= 15 is 0 Å². The molecule has 4 unspecified atom stereocenters. The third-order valence-electron chi connectivity index (χ3n) is 20.4. The molecule has 4 atom stereocenters. The van der Waals surface area contributed by atoms with Gasteiger partial charge < -0.3 is 14.2 Å². The van der Waals surface area contributed by atoms with Crippen molar-refractivity contribution < 1.29 is 4.42 Å². The number of fused-ring (bicyclic) bond motifs is 8. The molecule has 0 N–H and O–H groups in total. The van der Waals surface area contributed by atoms with Crippen LogP contribution in [0.5, 0.6) is 0 Å². The molecule has 3 heterocycles. The molecule has 0 saturated heterocycles. The van der Waals surface area contributed by atoms with Crippen molar-refractivity contribution in [1.82, 2.24) is 0 Å². The average molecular weight is 923 g/mol. The van der Waals surface area contributed by atoms with Crippen LogP contribution in [0.2, 0.25) is 0 Å². The van der Waals surface area contributed by atoms with Crippen LogP contribution in [0.1, 0.15) is 200 Å². The van der Waals surface area contributed by atoms with Crippen LogP contribution in [0.3, 0.4) is 0 Å². The van der Waals surface area contributed by atoms with Gasteiger partial charge in [0.15, 0.2) is 0 Å². The second kappa shape index (κ2) is 14.6. The van der Waals surface area contributed by atoms with Crippen LogP contribution in [-0.4, -0.2) is 18.8 Å². The van der Waals surface area contributed by atoms with Crippen molar-refractivity contribution in [3.63, 3.8) is 0 Å². The summed E-state index contributed by atoms with van der Waals surface area (Å²) in [6.45, 7) is 47.2. The van der Waals surface area contributed by atoms with E-state index in [9.17, 15) is 0 Å². The van der Waals surface area contributed by atoms with Crippen molar-refractivity contribution in [1.29, 1.82) is 0 Å². The van der Waals surface area contributed by atoms with E-state index in [0.717, 1.165) is 24.1 Å². The van der Waals surface area contributed by atoms with Gasteiger partial charge in [0.05, 0.1) is 23.4 Å². The number of anilines is 2. The normalized spacial score (nSPS) is 29.0. The monoisotopic (exact) mass is 923 g/mol. The Balaban J connectivity index is 1.25. The van der Waals surface area contributed by atoms with E-state index in [1.54, 1.807) is 22.2 Å². The molecule has 4 heteroatoms. The van der Waals surface area contributed by atoms with Gasteiger partial charge in [-0.1, -0.05) is 172 Å². The zero-order valence-electron chi connectivity index (χ0n) is 46.6. The average Bonchev–Trinajstić information content (AvgIpc) is 3.63. The summed E-state index contributed by atoms with van der Waals surface area (Å²) < 4.78 is 7.63. The maximum Gasteiger partial charge on any atom is 0.292 e. The number of hydrogen-bond donors (Lipinski definition) is 0. The van der Waals surface area contributed by atoms with Crippen LogP contribution in [-0.2, 0) is 16.2 Å². The summed E-state index contributed by atoms with van der Waals surface area (Å²) in [6.07, 6.45) is 22.8.